The lowest BCUT2D eigenvalue weighted by Gasteiger charge is -2.56. The minimum Gasteiger partial charge on any atom is -0.354 e. The van der Waals surface area contributed by atoms with Crippen molar-refractivity contribution in [2.75, 3.05) is 5.75 Å². The Bertz CT molecular complexity index is 704. The molecule has 0 spiro atoms. The second-order valence-electron chi connectivity index (χ2n) is 10.0. The van der Waals surface area contributed by atoms with Crippen LogP contribution in [-0.4, -0.2) is 34.4 Å². The van der Waals surface area contributed by atoms with Gasteiger partial charge in [0.1, 0.15) is 6.23 Å². The fraction of sp³-hybridized carbons (Fsp3) is 0.708. The van der Waals surface area contributed by atoms with Crippen molar-refractivity contribution < 1.29 is 9.53 Å². The highest BCUT2D eigenvalue weighted by molar-refractivity contribution is 7.99. The summed E-state index contributed by atoms with van der Waals surface area (Å²) in [5.41, 5.74) is -0.121. The highest BCUT2D eigenvalue weighted by Crippen LogP contribution is 2.52. The Kier molecular flexibility index (Phi) is 5.56. The fourth-order valence-electron chi connectivity index (χ4n) is 5.93. The lowest BCUT2D eigenvalue weighted by molar-refractivity contribution is -0.230. The van der Waals surface area contributed by atoms with Gasteiger partial charge in [0, 0.05) is 28.0 Å². The van der Waals surface area contributed by atoms with E-state index in [9.17, 15) is 4.79 Å². The zero-order valence-electron chi connectivity index (χ0n) is 17.9. The Balaban J connectivity index is 1.61. The van der Waals surface area contributed by atoms with Crippen molar-refractivity contribution in [2.45, 2.75) is 76.6 Å². The Morgan fingerprint density at radius 2 is 1.93 bits per heavy atom. The average molecular weight is 402 g/mol. The summed E-state index contributed by atoms with van der Waals surface area (Å²) >= 11 is 1.81. The maximum absolute atomic E-state index is 13.7. The highest BCUT2D eigenvalue weighted by atomic mass is 32.2. The van der Waals surface area contributed by atoms with Crippen molar-refractivity contribution in [2.24, 2.45) is 29.6 Å². The number of amides is 1. The van der Waals surface area contributed by atoms with Gasteiger partial charge in [-0.25, -0.2) is 0 Å². The number of nitrogens with zero attached hydrogens (tertiary/aromatic N) is 1. The van der Waals surface area contributed by atoms with E-state index in [1.165, 1.54) is 17.7 Å². The van der Waals surface area contributed by atoms with E-state index in [2.05, 4.69) is 63.8 Å². The van der Waals surface area contributed by atoms with Crippen molar-refractivity contribution in [3.05, 3.63) is 30.3 Å². The number of carbonyl (C=O) groups is 1. The molecule has 3 nitrogen and oxygen atoms in total. The molecule has 3 aliphatic rings. The molecule has 3 fully saturated rings. The Labute approximate surface area is 174 Å². The van der Waals surface area contributed by atoms with E-state index in [4.69, 9.17) is 4.74 Å². The summed E-state index contributed by atoms with van der Waals surface area (Å²) in [5.74, 6) is 3.06. The van der Waals surface area contributed by atoms with E-state index < -0.39 is 0 Å². The number of hydrogen-bond donors (Lipinski definition) is 0. The molecule has 28 heavy (non-hydrogen) atoms. The predicted molar refractivity (Wildman–Crippen MR) is 115 cm³/mol. The summed E-state index contributed by atoms with van der Waals surface area (Å²) in [5, 5.41) is 0. The second kappa shape index (κ2) is 7.68. The molecule has 0 N–H and O–H groups in total. The highest BCUT2D eigenvalue weighted by Gasteiger charge is 2.61. The van der Waals surface area contributed by atoms with Crippen LogP contribution in [0.15, 0.2) is 35.2 Å². The van der Waals surface area contributed by atoms with Crippen molar-refractivity contribution in [3.8, 4) is 0 Å². The van der Waals surface area contributed by atoms with E-state index in [1.54, 1.807) is 0 Å². The van der Waals surface area contributed by atoms with E-state index in [0.29, 0.717) is 23.8 Å². The van der Waals surface area contributed by atoms with Crippen LogP contribution >= 0.6 is 11.8 Å². The molecule has 1 aromatic rings. The third-order valence-corrected chi connectivity index (χ3v) is 8.57. The summed E-state index contributed by atoms with van der Waals surface area (Å²) in [6.07, 6.45) is 3.80. The lowest BCUT2D eigenvalue weighted by Crippen LogP contribution is -2.64. The van der Waals surface area contributed by atoms with Gasteiger partial charge in [0.25, 0.3) is 0 Å². The molecule has 0 aromatic heterocycles. The standard InChI is InChI=1S/C24H35NO2S/c1-15(2)21-18(14-28-17-9-7-6-8-10-17)22(26)25-23(21)27-20-13-16(3)11-12-19(20)24(25,4)5/h6-10,15-16,18-21,23H,11-14H2,1-5H3/t16-,18+,19-,20-,21-,23+/m1/s1. The number of carbonyl (C=O) groups excluding carboxylic acids is 1. The maximum atomic E-state index is 13.7. The number of benzene rings is 1. The van der Waals surface area contributed by atoms with Crippen LogP contribution in [0.5, 0.6) is 0 Å². The fourth-order valence-corrected chi connectivity index (χ4v) is 7.01. The van der Waals surface area contributed by atoms with Gasteiger partial charge in [-0.1, -0.05) is 45.4 Å². The van der Waals surface area contributed by atoms with Gasteiger partial charge in [-0.2, -0.15) is 0 Å². The van der Waals surface area contributed by atoms with Crippen molar-refractivity contribution in [1.29, 1.82) is 0 Å². The molecule has 0 radical (unpaired) electrons. The van der Waals surface area contributed by atoms with Crippen LogP contribution in [0.3, 0.4) is 0 Å². The van der Waals surface area contributed by atoms with Crippen LogP contribution in [0.25, 0.3) is 0 Å². The van der Waals surface area contributed by atoms with Gasteiger partial charge in [-0.05, 0) is 50.7 Å². The molecule has 2 saturated heterocycles. The Hall–Kier alpha value is -1.00. The van der Waals surface area contributed by atoms with Gasteiger partial charge < -0.3 is 9.64 Å². The largest absolute Gasteiger partial charge is 0.354 e. The zero-order chi connectivity index (χ0) is 20.1. The predicted octanol–water partition coefficient (Wildman–Crippen LogP) is 5.45. The number of fused-ring (bicyclic) bond motifs is 2. The molecule has 0 bridgehead atoms. The summed E-state index contributed by atoms with van der Waals surface area (Å²) in [4.78, 5) is 17.1. The van der Waals surface area contributed by atoms with Gasteiger partial charge in [0.05, 0.1) is 12.0 Å². The maximum Gasteiger partial charge on any atom is 0.229 e. The molecule has 1 aromatic carbocycles. The van der Waals surface area contributed by atoms with Crippen LogP contribution in [0, 0.1) is 29.6 Å². The molecule has 1 saturated carbocycles. The van der Waals surface area contributed by atoms with Crippen LogP contribution in [0.2, 0.25) is 0 Å². The lowest BCUT2D eigenvalue weighted by atomic mass is 9.69. The average Bonchev–Trinajstić information content (AvgIpc) is 2.93. The Morgan fingerprint density at radius 1 is 1.21 bits per heavy atom. The van der Waals surface area contributed by atoms with Gasteiger partial charge in [0.15, 0.2) is 0 Å². The first-order chi connectivity index (χ1) is 13.3. The third-order valence-electron chi connectivity index (χ3n) is 7.44. The molecular formula is C24H35NO2S. The first kappa shape index (κ1) is 20.3. The van der Waals surface area contributed by atoms with Crippen LogP contribution in [-0.2, 0) is 9.53 Å². The molecule has 4 rings (SSSR count). The van der Waals surface area contributed by atoms with Gasteiger partial charge in [-0.15, -0.1) is 11.8 Å². The van der Waals surface area contributed by atoms with Crippen molar-refractivity contribution in [3.63, 3.8) is 0 Å². The van der Waals surface area contributed by atoms with Crippen LogP contribution < -0.4 is 0 Å². The molecule has 154 valence electrons. The van der Waals surface area contributed by atoms with E-state index >= 15 is 0 Å². The van der Waals surface area contributed by atoms with Gasteiger partial charge >= 0.3 is 0 Å². The van der Waals surface area contributed by atoms with E-state index in [1.807, 2.05) is 17.8 Å². The molecule has 0 unspecified atom stereocenters. The third kappa shape index (κ3) is 3.41. The molecule has 4 heteroatoms. The molecule has 2 heterocycles. The summed E-state index contributed by atoms with van der Waals surface area (Å²) in [6.45, 7) is 11.4. The minimum atomic E-state index is -0.121. The van der Waals surface area contributed by atoms with E-state index in [0.717, 1.165) is 18.1 Å². The number of rotatable bonds is 4. The minimum absolute atomic E-state index is 0.0343. The smallest absolute Gasteiger partial charge is 0.229 e. The van der Waals surface area contributed by atoms with E-state index in [-0.39, 0.29) is 23.6 Å². The summed E-state index contributed by atoms with van der Waals surface area (Å²) in [6, 6.07) is 10.5. The van der Waals surface area contributed by atoms with Crippen LogP contribution in [0.4, 0.5) is 0 Å². The van der Waals surface area contributed by atoms with Crippen molar-refractivity contribution >= 4 is 17.7 Å². The first-order valence-electron chi connectivity index (χ1n) is 11.0. The van der Waals surface area contributed by atoms with Gasteiger partial charge in [0.2, 0.25) is 5.91 Å². The summed E-state index contributed by atoms with van der Waals surface area (Å²) < 4.78 is 6.74. The number of ether oxygens (including phenoxy) is 1. The molecule has 1 amide bonds. The normalized spacial score (nSPS) is 37.1. The summed E-state index contributed by atoms with van der Waals surface area (Å²) in [7, 11) is 0. The van der Waals surface area contributed by atoms with Crippen LogP contribution in [0.1, 0.15) is 53.9 Å². The SMILES string of the molecule is CC(C)[C@@H]1[C@H](CSc2ccccc2)C(=O)N2[C@H]1O[C@@H]1C[C@H](C)CC[C@H]1C2(C)C. The quantitative estimate of drug-likeness (QED) is 0.628. The Morgan fingerprint density at radius 3 is 2.61 bits per heavy atom. The van der Waals surface area contributed by atoms with Gasteiger partial charge in [-0.3, -0.25) is 4.79 Å². The monoisotopic (exact) mass is 401 g/mol. The zero-order valence-corrected chi connectivity index (χ0v) is 18.7. The molecule has 1 aliphatic carbocycles. The number of thioether (sulfide) groups is 1. The van der Waals surface area contributed by atoms with Crippen molar-refractivity contribution in [1.82, 2.24) is 4.90 Å². The molecular weight excluding hydrogens is 366 g/mol. The number of hydrogen-bond acceptors (Lipinski definition) is 3. The topological polar surface area (TPSA) is 29.5 Å². The molecule has 6 atom stereocenters. The second-order valence-corrected chi connectivity index (χ2v) is 11.1. The first-order valence-corrected chi connectivity index (χ1v) is 12.0. The molecule has 2 aliphatic heterocycles.